The number of methoxy groups -OCH3 is 1. The first-order valence-electron chi connectivity index (χ1n) is 6.98. The van der Waals surface area contributed by atoms with Crippen molar-refractivity contribution in [2.45, 2.75) is 13.5 Å². The van der Waals surface area contributed by atoms with Crippen LogP contribution in [-0.4, -0.2) is 18.9 Å². The number of nitrogens with one attached hydrogen (secondary N) is 2. The number of hydrogen-bond donors (Lipinski definition) is 2. The van der Waals surface area contributed by atoms with Crippen LogP contribution in [0.2, 0.25) is 5.02 Å². The van der Waals surface area contributed by atoms with Gasteiger partial charge in [0.15, 0.2) is 0 Å². The van der Waals surface area contributed by atoms with Gasteiger partial charge in [-0.25, -0.2) is 0 Å². The van der Waals surface area contributed by atoms with Gasteiger partial charge in [-0.15, -0.1) is 0 Å². The van der Waals surface area contributed by atoms with Crippen LogP contribution in [0.1, 0.15) is 22.8 Å². The van der Waals surface area contributed by atoms with Gasteiger partial charge in [0.05, 0.1) is 12.1 Å². The molecule has 0 radical (unpaired) electrons. The van der Waals surface area contributed by atoms with Gasteiger partial charge in [-0.3, -0.25) is 9.59 Å². The molecule has 2 aromatic carbocycles. The molecule has 0 unspecified atom stereocenters. The summed E-state index contributed by atoms with van der Waals surface area (Å²) in [4.78, 5) is 23.1. The lowest BCUT2D eigenvalue weighted by atomic mass is 10.1. The molecule has 0 aliphatic rings. The van der Waals surface area contributed by atoms with Gasteiger partial charge in [0.25, 0.3) is 5.91 Å². The minimum atomic E-state index is -0.202. The van der Waals surface area contributed by atoms with Gasteiger partial charge in [-0.1, -0.05) is 17.7 Å². The predicted octanol–water partition coefficient (Wildman–Crippen LogP) is 3.24. The van der Waals surface area contributed by atoms with E-state index in [2.05, 4.69) is 10.6 Å². The van der Waals surface area contributed by atoms with Crippen LogP contribution in [0, 0.1) is 0 Å². The summed E-state index contributed by atoms with van der Waals surface area (Å²) >= 11 is 6.05. The third-order valence-corrected chi connectivity index (χ3v) is 3.43. The molecule has 0 aromatic heterocycles. The van der Waals surface area contributed by atoms with E-state index in [1.54, 1.807) is 43.5 Å². The van der Waals surface area contributed by atoms with Gasteiger partial charge in [-0.05, 0) is 42.0 Å². The van der Waals surface area contributed by atoms with Crippen LogP contribution in [0.25, 0.3) is 0 Å². The number of anilines is 1. The Morgan fingerprint density at radius 1 is 1.13 bits per heavy atom. The Hall–Kier alpha value is -2.53. The zero-order chi connectivity index (χ0) is 16.8. The maximum Gasteiger partial charge on any atom is 0.251 e. The third kappa shape index (κ3) is 4.72. The SMILES string of the molecule is COc1ccc(CNC(=O)c2ccc(NC(C)=O)cc2)cc1Cl. The summed E-state index contributed by atoms with van der Waals surface area (Å²) in [7, 11) is 1.55. The number of benzene rings is 2. The van der Waals surface area contributed by atoms with E-state index in [9.17, 15) is 9.59 Å². The molecular formula is C17H17ClN2O3. The average molecular weight is 333 g/mol. The van der Waals surface area contributed by atoms with Crippen molar-refractivity contribution in [3.8, 4) is 5.75 Å². The molecule has 0 spiro atoms. The zero-order valence-electron chi connectivity index (χ0n) is 12.9. The van der Waals surface area contributed by atoms with Crippen LogP contribution in [0.15, 0.2) is 42.5 Å². The second-order valence-corrected chi connectivity index (χ2v) is 5.32. The maximum absolute atomic E-state index is 12.1. The number of ether oxygens (including phenoxy) is 1. The lowest BCUT2D eigenvalue weighted by Crippen LogP contribution is -2.22. The van der Waals surface area contributed by atoms with Gasteiger partial charge < -0.3 is 15.4 Å². The highest BCUT2D eigenvalue weighted by Crippen LogP contribution is 2.24. The van der Waals surface area contributed by atoms with Crippen molar-refractivity contribution < 1.29 is 14.3 Å². The summed E-state index contributed by atoms with van der Waals surface area (Å²) < 4.78 is 5.08. The van der Waals surface area contributed by atoms with E-state index in [4.69, 9.17) is 16.3 Å². The van der Waals surface area contributed by atoms with Crippen molar-refractivity contribution in [3.05, 3.63) is 58.6 Å². The fourth-order valence-corrected chi connectivity index (χ4v) is 2.29. The maximum atomic E-state index is 12.1. The van der Waals surface area contributed by atoms with Crippen molar-refractivity contribution >= 4 is 29.1 Å². The Labute approximate surface area is 139 Å². The molecule has 2 N–H and O–H groups in total. The summed E-state index contributed by atoms with van der Waals surface area (Å²) in [6.45, 7) is 1.79. The summed E-state index contributed by atoms with van der Waals surface area (Å²) in [6.07, 6.45) is 0. The Balaban J connectivity index is 1.96. The van der Waals surface area contributed by atoms with E-state index in [0.717, 1.165) is 5.56 Å². The molecule has 0 aliphatic heterocycles. The van der Waals surface area contributed by atoms with E-state index in [1.807, 2.05) is 6.07 Å². The van der Waals surface area contributed by atoms with Gasteiger partial charge in [0.2, 0.25) is 5.91 Å². The molecule has 0 fully saturated rings. The average Bonchev–Trinajstić information content (AvgIpc) is 2.53. The summed E-state index contributed by atoms with van der Waals surface area (Å²) in [6, 6.07) is 12.0. The number of amides is 2. The molecular weight excluding hydrogens is 316 g/mol. The van der Waals surface area contributed by atoms with Crippen molar-refractivity contribution in [2.24, 2.45) is 0 Å². The van der Waals surface area contributed by atoms with Crippen molar-refractivity contribution in [3.63, 3.8) is 0 Å². The minimum absolute atomic E-state index is 0.154. The molecule has 0 bridgehead atoms. The fraction of sp³-hybridized carbons (Fsp3) is 0.176. The molecule has 2 aromatic rings. The summed E-state index contributed by atoms with van der Waals surface area (Å²) in [5.41, 5.74) is 2.04. The molecule has 23 heavy (non-hydrogen) atoms. The smallest absolute Gasteiger partial charge is 0.251 e. The second-order valence-electron chi connectivity index (χ2n) is 4.91. The van der Waals surface area contributed by atoms with Crippen molar-refractivity contribution in [1.82, 2.24) is 5.32 Å². The standard InChI is InChI=1S/C17H17ClN2O3/c1-11(21)20-14-6-4-13(5-7-14)17(22)19-10-12-3-8-16(23-2)15(18)9-12/h3-9H,10H2,1-2H3,(H,19,22)(H,20,21). The first-order valence-corrected chi connectivity index (χ1v) is 7.35. The Morgan fingerprint density at radius 2 is 1.83 bits per heavy atom. The van der Waals surface area contributed by atoms with E-state index < -0.39 is 0 Å². The Morgan fingerprint density at radius 3 is 2.39 bits per heavy atom. The monoisotopic (exact) mass is 332 g/mol. The highest BCUT2D eigenvalue weighted by molar-refractivity contribution is 6.32. The second kappa shape index (κ2) is 7.65. The number of rotatable bonds is 5. The lowest BCUT2D eigenvalue weighted by molar-refractivity contribution is -0.114. The fourth-order valence-electron chi connectivity index (χ4n) is 2.01. The van der Waals surface area contributed by atoms with Gasteiger partial charge in [0, 0.05) is 24.7 Å². The van der Waals surface area contributed by atoms with Crippen molar-refractivity contribution in [2.75, 3.05) is 12.4 Å². The summed E-state index contributed by atoms with van der Waals surface area (Å²) in [5.74, 6) is 0.236. The van der Waals surface area contributed by atoms with E-state index >= 15 is 0 Å². The van der Waals surface area contributed by atoms with Crippen LogP contribution >= 0.6 is 11.6 Å². The first kappa shape index (κ1) is 16.8. The van der Waals surface area contributed by atoms with E-state index in [1.165, 1.54) is 6.92 Å². The van der Waals surface area contributed by atoms with Crippen LogP contribution in [0.3, 0.4) is 0 Å². The highest BCUT2D eigenvalue weighted by atomic mass is 35.5. The molecule has 0 heterocycles. The van der Waals surface area contributed by atoms with Crippen molar-refractivity contribution in [1.29, 1.82) is 0 Å². The molecule has 120 valence electrons. The predicted molar refractivity (Wildman–Crippen MR) is 89.9 cm³/mol. The van der Waals surface area contributed by atoms with E-state index in [0.29, 0.717) is 28.6 Å². The third-order valence-electron chi connectivity index (χ3n) is 3.14. The van der Waals surface area contributed by atoms with Crippen LogP contribution in [0.4, 0.5) is 5.69 Å². The quantitative estimate of drug-likeness (QED) is 0.883. The molecule has 2 amide bonds. The lowest BCUT2D eigenvalue weighted by Gasteiger charge is -2.08. The van der Waals surface area contributed by atoms with Gasteiger partial charge in [0.1, 0.15) is 5.75 Å². The number of hydrogen-bond acceptors (Lipinski definition) is 3. The molecule has 0 aliphatic carbocycles. The molecule has 5 nitrogen and oxygen atoms in total. The molecule has 0 saturated carbocycles. The molecule has 0 saturated heterocycles. The topological polar surface area (TPSA) is 67.4 Å². The summed E-state index contributed by atoms with van der Waals surface area (Å²) in [5, 5.41) is 5.96. The molecule has 6 heteroatoms. The normalized spacial score (nSPS) is 10.0. The first-order chi connectivity index (χ1) is 11.0. The Kier molecular flexibility index (Phi) is 5.60. The highest BCUT2D eigenvalue weighted by Gasteiger charge is 2.07. The molecule has 2 rings (SSSR count). The van der Waals surface area contributed by atoms with Crippen LogP contribution in [0.5, 0.6) is 5.75 Å². The van der Waals surface area contributed by atoms with Crippen LogP contribution < -0.4 is 15.4 Å². The number of halogens is 1. The van der Waals surface area contributed by atoms with Gasteiger partial charge >= 0.3 is 0 Å². The Bertz CT molecular complexity index is 714. The van der Waals surface area contributed by atoms with Gasteiger partial charge in [-0.2, -0.15) is 0 Å². The number of carbonyl (C=O) groups is 2. The minimum Gasteiger partial charge on any atom is -0.495 e. The number of carbonyl (C=O) groups excluding carboxylic acids is 2. The largest absolute Gasteiger partial charge is 0.495 e. The molecule has 0 atom stereocenters. The van der Waals surface area contributed by atoms with E-state index in [-0.39, 0.29) is 11.8 Å². The zero-order valence-corrected chi connectivity index (χ0v) is 13.6. The van der Waals surface area contributed by atoms with Crippen LogP contribution in [-0.2, 0) is 11.3 Å².